The quantitative estimate of drug-likeness (QED) is 0.811. The highest BCUT2D eigenvalue weighted by atomic mass is 32.2. The summed E-state index contributed by atoms with van der Waals surface area (Å²) >= 11 is 1.41. The minimum absolute atomic E-state index is 0.0314. The molecule has 5 heteroatoms. The third kappa shape index (κ3) is 2.83. The number of ether oxygens (including phenoxy) is 2. The fraction of sp³-hybridized carbons (Fsp3) is 0.400. The number of thioether (sulfide) groups is 1. The summed E-state index contributed by atoms with van der Waals surface area (Å²) in [4.78, 5) is 11.9. The summed E-state index contributed by atoms with van der Waals surface area (Å²) < 4.78 is 17.0. The fourth-order valence-electron chi connectivity index (χ4n) is 2.24. The van der Waals surface area contributed by atoms with Crippen LogP contribution in [-0.2, 0) is 4.74 Å². The van der Waals surface area contributed by atoms with Crippen LogP contribution >= 0.6 is 11.8 Å². The molecule has 2 heterocycles. The summed E-state index contributed by atoms with van der Waals surface area (Å²) in [6.45, 7) is 0.740. The largest absolute Gasteiger partial charge is 0.465 e. The van der Waals surface area contributed by atoms with E-state index in [1.54, 1.807) is 18.2 Å². The van der Waals surface area contributed by atoms with Crippen LogP contribution in [0.1, 0.15) is 19.3 Å². The first-order chi connectivity index (χ1) is 9.76. The second-order valence-corrected chi connectivity index (χ2v) is 5.52. The number of rotatable bonds is 3. The van der Waals surface area contributed by atoms with Gasteiger partial charge >= 0.3 is 0 Å². The molecule has 20 heavy (non-hydrogen) atoms. The zero-order valence-corrected chi connectivity index (χ0v) is 12.1. The van der Waals surface area contributed by atoms with Gasteiger partial charge in [0.15, 0.2) is 16.8 Å². The summed E-state index contributed by atoms with van der Waals surface area (Å²) in [7, 11) is 0. The smallest absolute Gasteiger partial charge is 0.199 e. The van der Waals surface area contributed by atoms with E-state index in [2.05, 4.69) is 0 Å². The number of fused-ring (bicyclic) bond motifs is 1. The second kappa shape index (κ2) is 5.89. The molecule has 0 spiro atoms. The molecule has 2 aromatic rings. The van der Waals surface area contributed by atoms with Crippen molar-refractivity contribution in [2.45, 2.75) is 30.6 Å². The molecule has 0 aliphatic carbocycles. The molecule has 1 aliphatic rings. The Balaban J connectivity index is 1.90. The highest BCUT2D eigenvalue weighted by molar-refractivity contribution is 7.98. The number of hydrogen-bond acceptors (Lipinski definition) is 5. The Labute approximate surface area is 121 Å². The van der Waals surface area contributed by atoms with Crippen molar-refractivity contribution in [1.29, 1.82) is 0 Å². The van der Waals surface area contributed by atoms with Crippen molar-refractivity contribution in [3.05, 3.63) is 34.5 Å². The maximum atomic E-state index is 11.9. The first kappa shape index (κ1) is 13.5. The lowest BCUT2D eigenvalue weighted by molar-refractivity contribution is -0.105. The molecule has 0 N–H and O–H groups in total. The van der Waals surface area contributed by atoms with Gasteiger partial charge in [-0.25, -0.2) is 0 Å². The van der Waals surface area contributed by atoms with Gasteiger partial charge in [-0.2, -0.15) is 0 Å². The van der Waals surface area contributed by atoms with E-state index in [9.17, 15) is 4.79 Å². The summed E-state index contributed by atoms with van der Waals surface area (Å²) in [6.07, 6.45) is 4.78. The van der Waals surface area contributed by atoms with Gasteiger partial charge in [-0.3, -0.25) is 4.79 Å². The molecule has 1 aromatic carbocycles. The van der Waals surface area contributed by atoms with Gasteiger partial charge in [0, 0.05) is 18.6 Å². The lowest BCUT2D eigenvalue weighted by Gasteiger charge is -2.23. The molecule has 1 unspecified atom stereocenters. The van der Waals surface area contributed by atoms with Crippen molar-refractivity contribution >= 4 is 22.7 Å². The van der Waals surface area contributed by atoms with Gasteiger partial charge in [-0.15, -0.1) is 0 Å². The van der Waals surface area contributed by atoms with E-state index in [1.807, 2.05) is 6.26 Å². The number of benzene rings is 1. The second-order valence-electron chi connectivity index (χ2n) is 4.71. The lowest BCUT2D eigenvalue weighted by Crippen LogP contribution is -2.24. The average Bonchev–Trinajstić information content (AvgIpc) is 2.48. The van der Waals surface area contributed by atoms with Gasteiger partial charge < -0.3 is 13.9 Å². The van der Waals surface area contributed by atoms with Crippen LogP contribution in [0.2, 0.25) is 0 Å². The van der Waals surface area contributed by atoms with E-state index in [4.69, 9.17) is 13.9 Å². The molecule has 1 saturated heterocycles. The summed E-state index contributed by atoms with van der Waals surface area (Å²) in [6, 6.07) is 6.80. The highest BCUT2D eigenvalue weighted by Crippen LogP contribution is 2.25. The number of hydrogen-bond donors (Lipinski definition) is 0. The van der Waals surface area contributed by atoms with Crippen molar-refractivity contribution in [3.8, 4) is 5.75 Å². The zero-order chi connectivity index (χ0) is 13.9. The predicted octanol–water partition coefficient (Wildman–Crippen LogP) is 3.42. The van der Waals surface area contributed by atoms with Crippen LogP contribution in [0.4, 0.5) is 0 Å². The molecule has 1 aromatic heterocycles. The Kier molecular flexibility index (Phi) is 3.98. The predicted molar refractivity (Wildman–Crippen MR) is 78.5 cm³/mol. The third-order valence-electron chi connectivity index (χ3n) is 3.28. The van der Waals surface area contributed by atoms with Crippen LogP contribution in [0.5, 0.6) is 5.75 Å². The Morgan fingerprint density at radius 3 is 2.95 bits per heavy atom. The zero-order valence-electron chi connectivity index (χ0n) is 11.3. The molecule has 4 nitrogen and oxygen atoms in total. The SMILES string of the molecule is CSc1cc(=O)c2ccc(OC3CCCCO3)cc2o1. The summed E-state index contributed by atoms with van der Waals surface area (Å²) in [5.74, 6) is 0.672. The average molecular weight is 292 g/mol. The monoisotopic (exact) mass is 292 g/mol. The molecular weight excluding hydrogens is 276 g/mol. The van der Waals surface area contributed by atoms with E-state index in [0.29, 0.717) is 21.8 Å². The van der Waals surface area contributed by atoms with Crippen LogP contribution in [0.3, 0.4) is 0 Å². The van der Waals surface area contributed by atoms with Gasteiger partial charge in [0.05, 0.1) is 12.0 Å². The standard InChI is InChI=1S/C15H16O4S/c1-20-15-9-12(16)11-6-5-10(8-13(11)19-15)18-14-4-2-3-7-17-14/h5-6,8-9,14H,2-4,7H2,1H3. The van der Waals surface area contributed by atoms with Crippen molar-refractivity contribution in [2.75, 3.05) is 12.9 Å². The van der Waals surface area contributed by atoms with Crippen molar-refractivity contribution in [3.63, 3.8) is 0 Å². The Morgan fingerprint density at radius 1 is 1.30 bits per heavy atom. The molecule has 3 rings (SSSR count). The fourth-order valence-corrected chi connectivity index (χ4v) is 2.64. The molecule has 0 amide bonds. The maximum Gasteiger partial charge on any atom is 0.199 e. The van der Waals surface area contributed by atoms with Gasteiger partial charge in [0.2, 0.25) is 0 Å². The lowest BCUT2D eigenvalue weighted by atomic mass is 10.2. The van der Waals surface area contributed by atoms with E-state index < -0.39 is 0 Å². The van der Waals surface area contributed by atoms with E-state index in [0.717, 1.165) is 25.9 Å². The Morgan fingerprint density at radius 2 is 2.20 bits per heavy atom. The van der Waals surface area contributed by atoms with Gasteiger partial charge in [-0.1, -0.05) is 11.8 Å². The molecule has 0 saturated carbocycles. The van der Waals surface area contributed by atoms with Gasteiger partial charge in [-0.05, 0) is 31.2 Å². The maximum absolute atomic E-state index is 11.9. The van der Waals surface area contributed by atoms with Crippen LogP contribution in [-0.4, -0.2) is 19.2 Å². The third-order valence-corrected chi connectivity index (χ3v) is 3.89. The van der Waals surface area contributed by atoms with Gasteiger partial charge in [0.1, 0.15) is 11.3 Å². The molecule has 1 atom stereocenters. The molecular formula is C15H16O4S. The van der Waals surface area contributed by atoms with Crippen LogP contribution < -0.4 is 10.2 Å². The first-order valence-electron chi connectivity index (χ1n) is 6.66. The van der Waals surface area contributed by atoms with Crippen LogP contribution in [0.25, 0.3) is 11.0 Å². The molecule has 1 aliphatic heterocycles. The molecule has 0 bridgehead atoms. The molecule has 0 radical (unpaired) electrons. The molecule has 1 fully saturated rings. The molecule has 106 valence electrons. The minimum Gasteiger partial charge on any atom is -0.465 e. The van der Waals surface area contributed by atoms with E-state index >= 15 is 0 Å². The Hall–Kier alpha value is -1.46. The van der Waals surface area contributed by atoms with Crippen LogP contribution in [0.15, 0.2) is 38.6 Å². The first-order valence-corrected chi connectivity index (χ1v) is 7.89. The van der Waals surface area contributed by atoms with Crippen molar-refractivity contribution < 1.29 is 13.9 Å². The normalized spacial score (nSPS) is 19.1. The van der Waals surface area contributed by atoms with E-state index in [1.165, 1.54) is 17.8 Å². The van der Waals surface area contributed by atoms with E-state index in [-0.39, 0.29) is 11.7 Å². The minimum atomic E-state index is -0.198. The van der Waals surface area contributed by atoms with Gasteiger partial charge in [0.25, 0.3) is 0 Å². The summed E-state index contributed by atoms with van der Waals surface area (Å²) in [5, 5.41) is 1.17. The van der Waals surface area contributed by atoms with Crippen molar-refractivity contribution in [1.82, 2.24) is 0 Å². The van der Waals surface area contributed by atoms with Crippen molar-refractivity contribution in [2.24, 2.45) is 0 Å². The summed E-state index contributed by atoms with van der Waals surface area (Å²) in [5.41, 5.74) is 0.520. The topological polar surface area (TPSA) is 48.7 Å². The van der Waals surface area contributed by atoms with Crippen LogP contribution in [0, 0.1) is 0 Å². The Bertz CT molecular complexity index is 658. The highest BCUT2D eigenvalue weighted by Gasteiger charge is 2.15.